The molecule has 28 N–H and O–H groups in total. The summed E-state index contributed by atoms with van der Waals surface area (Å²) in [6, 6.07) is -3.93. The van der Waals surface area contributed by atoms with Crippen LogP contribution in [0.25, 0.3) is 0 Å². The first-order valence-corrected chi connectivity index (χ1v) is 33.3. The Morgan fingerprint density at radius 1 is 0.327 bits per heavy atom. The van der Waals surface area contributed by atoms with Crippen molar-refractivity contribution in [2.45, 2.75) is 298 Å². The number of aliphatic hydroxyl groups is 26. The molecule has 0 aromatic carbocycles. The molecule has 0 aromatic heterocycles. The third kappa shape index (κ3) is 19.1. The second kappa shape index (κ2) is 38.0. The van der Waals surface area contributed by atoms with Crippen molar-refractivity contribution in [3.05, 3.63) is 0 Å². The molecule has 46 heteroatoms. The highest BCUT2D eigenvalue weighted by molar-refractivity contribution is 5.73. The summed E-state index contributed by atoms with van der Waals surface area (Å²) >= 11 is 0. The third-order valence-electron chi connectivity index (χ3n) is 19.1. The maximum absolute atomic E-state index is 13.4. The van der Waals surface area contributed by atoms with Gasteiger partial charge in [-0.3, -0.25) is 9.59 Å². The largest absolute Gasteiger partial charge is 0.394 e. The lowest BCUT2D eigenvalue weighted by atomic mass is 9.93. The summed E-state index contributed by atoms with van der Waals surface area (Å²) in [5, 5.41) is 288. The number of nitrogens with one attached hydrogen (secondary N) is 2. The quantitative estimate of drug-likeness (QED) is 0.0331. The number of rotatable bonds is 29. The van der Waals surface area contributed by atoms with Crippen LogP contribution in [0.3, 0.4) is 0 Å². The lowest BCUT2D eigenvalue weighted by molar-refractivity contribution is -0.395. The molecule has 8 aliphatic rings. The lowest BCUT2D eigenvalue weighted by Crippen LogP contribution is -2.72. The fraction of sp³-hybridized carbons (Fsp3) is 0.966. The minimum absolute atomic E-state index is 0.928. The van der Waals surface area contributed by atoms with Gasteiger partial charge in [0.15, 0.2) is 50.3 Å². The molecule has 0 radical (unpaired) electrons. The molecule has 2 amide bonds. The van der Waals surface area contributed by atoms with Gasteiger partial charge in [0, 0.05) is 13.8 Å². The Balaban J connectivity index is 1.14. The molecule has 8 fully saturated rings. The number of amides is 2. The van der Waals surface area contributed by atoms with Crippen molar-refractivity contribution in [2.24, 2.45) is 0 Å². The molecule has 0 bridgehead atoms. The molecular weight excluding hydrogens is 1430 g/mol. The van der Waals surface area contributed by atoms with E-state index < -0.39 is 335 Å². The van der Waals surface area contributed by atoms with Crippen LogP contribution < -0.4 is 10.6 Å². The molecule has 46 nitrogen and oxygen atoms in total. The molecule has 606 valence electrons. The average Bonchev–Trinajstić information content (AvgIpc) is 0.810. The van der Waals surface area contributed by atoms with E-state index in [9.17, 15) is 142 Å². The maximum Gasteiger partial charge on any atom is 0.217 e. The van der Waals surface area contributed by atoms with Gasteiger partial charge in [-0.2, -0.15) is 0 Å². The number of carbonyl (C=O) groups is 2. The molecule has 8 aliphatic heterocycles. The smallest absolute Gasteiger partial charge is 0.217 e. The number of carbonyl (C=O) groups excluding carboxylic acids is 2. The van der Waals surface area contributed by atoms with Crippen molar-refractivity contribution < 1.29 is 218 Å². The highest BCUT2D eigenvalue weighted by Crippen LogP contribution is 2.40. The Labute approximate surface area is 589 Å². The van der Waals surface area contributed by atoms with E-state index in [0.717, 1.165) is 13.8 Å². The van der Waals surface area contributed by atoms with E-state index in [-0.39, 0.29) is 0 Å². The summed E-state index contributed by atoms with van der Waals surface area (Å²) in [5.41, 5.74) is 0. The highest BCUT2D eigenvalue weighted by Gasteiger charge is 2.61. The van der Waals surface area contributed by atoms with Gasteiger partial charge in [0.2, 0.25) is 11.8 Å². The summed E-state index contributed by atoms with van der Waals surface area (Å²) in [6.45, 7) is -4.73. The van der Waals surface area contributed by atoms with E-state index >= 15 is 0 Å². The van der Waals surface area contributed by atoms with Gasteiger partial charge in [0.1, 0.15) is 207 Å². The first kappa shape index (κ1) is 86.8. The van der Waals surface area contributed by atoms with E-state index in [4.69, 9.17) is 75.8 Å². The summed E-state index contributed by atoms with van der Waals surface area (Å²) < 4.78 is 95.3. The first-order valence-electron chi connectivity index (χ1n) is 33.3. The fourth-order valence-corrected chi connectivity index (χ4v) is 13.1. The van der Waals surface area contributed by atoms with E-state index in [1.165, 1.54) is 13.8 Å². The van der Waals surface area contributed by atoms with Gasteiger partial charge in [-0.15, -0.1) is 0 Å². The fourth-order valence-electron chi connectivity index (χ4n) is 13.1. The van der Waals surface area contributed by atoms with Gasteiger partial charge in [-0.1, -0.05) is 0 Å². The van der Waals surface area contributed by atoms with Crippen molar-refractivity contribution in [3.63, 3.8) is 0 Å². The van der Waals surface area contributed by atoms with Crippen LogP contribution in [-0.4, -0.2) is 467 Å². The Kier molecular flexibility index (Phi) is 31.7. The molecule has 8 rings (SSSR count). The summed E-state index contributed by atoms with van der Waals surface area (Å²) in [7, 11) is 0. The predicted molar refractivity (Wildman–Crippen MR) is 320 cm³/mol. The second-order valence-electron chi connectivity index (χ2n) is 26.4. The SMILES string of the molecule is CC(=O)N[C@H]1[C@H](O[C@H]2[C@@H](O)[C@@H](CO)O[C@@H](O[C@H]3[C@H](O[C@@H]4O[C@@H](C)[C@@H](O)[C@@H](O)[C@@H]4O)[C@@H](NC(C)=O)[C@H](OC[C@H]4O[C@@H](O[C@@H]([C@H](O)[C@@H](O)CO)[C@H](O)CO)[C@H](O)[C@@H](O[C@@H]5O[C@H](CO)[C@H](O)[C@H](O)[C@H]5O)[C@H]4O)O[C@@H]3CO)[C@@H]2O)O[C@H](CO)[C@@H](O[C@@H]2O[C@H](CO)[C@H](O)[C@H](O)[C@H]2O)[C@@H]1O[C@@H]1O[C@@H](C)[C@@H](O)[C@@H](O)[C@@H]1O. The molecule has 0 saturated carbocycles. The molecule has 0 aliphatic carbocycles. The minimum Gasteiger partial charge on any atom is -0.394 e. The Hall–Kier alpha value is -2.74. The number of ether oxygens (including phenoxy) is 16. The van der Waals surface area contributed by atoms with E-state index in [1.54, 1.807) is 0 Å². The zero-order valence-electron chi connectivity index (χ0n) is 56.0. The predicted octanol–water partition coefficient (Wildman–Crippen LogP) is -18.6. The van der Waals surface area contributed by atoms with Crippen molar-refractivity contribution in [1.29, 1.82) is 0 Å². The minimum atomic E-state index is -2.47. The third-order valence-corrected chi connectivity index (χ3v) is 19.1. The molecule has 8 heterocycles. The van der Waals surface area contributed by atoms with E-state index in [2.05, 4.69) is 10.6 Å². The summed E-state index contributed by atoms with van der Waals surface area (Å²) in [4.78, 5) is 26.7. The summed E-state index contributed by atoms with van der Waals surface area (Å²) in [6.07, 6.45) is -86.4. The maximum atomic E-state index is 13.4. The molecule has 0 spiro atoms. The summed E-state index contributed by atoms with van der Waals surface area (Å²) in [5.74, 6) is -1.95. The van der Waals surface area contributed by atoms with Gasteiger partial charge < -0.3 is 219 Å². The van der Waals surface area contributed by atoms with Crippen LogP contribution in [0.4, 0.5) is 0 Å². The van der Waals surface area contributed by atoms with Gasteiger partial charge in [-0.05, 0) is 13.8 Å². The first-order chi connectivity index (χ1) is 49.1. The van der Waals surface area contributed by atoms with Gasteiger partial charge >= 0.3 is 0 Å². The molecule has 0 aromatic rings. The van der Waals surface area contributed by atoms with Gasteiger partial charge in [0.25, 0.3) is 0 Å². The highest BCUT2D eigenvalue weighted by atomic mass is 16.8. The second-order valence-corrected chi connectivity index (χ2v) is 26.4. The Morgan fingerprint density at radius 2 is 0.635 bits per heavy atom. The van der Waals surface area contributed by atoms with Crippen LogP contribution >= 0.6 is 0 Å². The lowest BCUT2D eigenvalue weighted by Gasteiger charge is -2.52. The normalized spacial score (nSPS) is 48.7. The molecule has 104 heavy (non-hydrogen) atoms. The van der Waals surface area contributed by atoms with E-state index in [0.29, 0.717) is 0 Å². The standard InChI is InChI=1S/C58H100N2O44/c1-13-27(72)34(79)38(83)53(90-13)101-47-25(59-15(3)68)51(89-12-24-33(78)50(104-56-41(86)37(82)31(76)20(8-64)93-56)43(88)58(97-24)98-44(18(71)6-62)29(74)17(70)5-61)95-22(10-66)45(47)100-57-42(87)49(32(77)21(9-65)94-57)103-52-26(60-16(4)69)48(102-54-39(84)35(80)28(73)14(2)91-54)46(23(11-67)96-52)99-55-40(85)36(81)30(75)19(7-63)92-55/h13-14,17-58,61-67,70-88H,5-12H2,1-4H3,(H,59,68)(H,60,69)/t13-,14-,17-,18+,19+,20+,21+,22+,23+,24+,25+,26+,27+,28+,29+,30-,31-,32-,33-,34+,35+,36-,37-,38-,39-,40+,41+,42+,43+,44+,45+,46+,47+,48+,49-,50-,51+,52-,53-,54-,55-,56-,57-,58-/m0/s1. The molecular formula is C58H100N2O44. The zero-order chi connectivity index (χ0) is 76.9. The van der Waals surface area contributed by atoms with Crippen LogP contribution in [0, 0.1) is 0 Å². The Bertz CT molecular complexity index is 2620. The monoisotopic (exact) mass is 1530 g/mol. The number of hydrogen-bond donors (Lipinski definition) is 28. The molecule has 0 unspecified atom stereocenters. The Morgan fingerprint density at radius 3 is 1.04 bits per heavy atom. The van der Waals surface area contributed by atoms with Crippen LogP contribution in [-0.2, 0) is 85.4 Å². The molecule has 8 saturated heterocycles. The zero-order valence-corrected chi connectivity index (χ0v) is 56.0. The number of aliphatic hydroxyl groups excluding tert-OH is 26. The van der Waals surface area contributed by atoms with Crippen LogP contribution in [0.15, 0.2) is 0 Å². The van der Waals surface area contributed by atoms with Gasteiger partial charge in [-0.25, -0.2) is 0 Å². The molecule has 44 atom stereocenters. The van der Waals surface area contributed by atoms with Crippen LogP contribution in [0.2, 0.25) is 0 Å². The van der Waals surface area contributed by atoms with Crippen molar-refractivity contribution in [2.75, 3.05) is 52.9 Å². The van der Waals surface area contributed by atoms with Gasteiger partial charge in [0.05, 0.1) is 65.1 Å². The topological polar surface area (TPSA) is 732 Å². The van der Waals surface area contributed by atoms with E-state index in [1.807, 2.05) is 0 Å². The van der Waals surface area contributed by atoms with Crippen molar-refractivity contribution in [1.82, 2.24) is 10.6 Å². The van der Waals surface area contributed by atoms with Crippen LogP contribution in [0.5, 0.6) is 0 Å². The van der Waals surface area contributed by atoms with Crippen molar-refractivity contribution in [3.8, 4) is 0 Å². The number of hydrogen-bond acceptors (Lipinski definition) is 44. The van der Waals surface area contributed by atoms with Crippen LogP contribution in [0.1, 0.15) is 27.7 Å². The van der Waals surface area contributed by atoms with Crippen molar-refractivity contribution >= 4 is 11.8 Å². The average molecular weight is 1530 g/mol.